The summed E-state index contributed by atoms with van der Waals surface area (Å²) >= 11 is 2.99. The summed E-state index contributed by atoms with van der Waals surface area (Å²) in [5, 5.41) is 0. The molecule has 0 saturated heterocycles. The highest BCUT2D eigenvalue weighted by Crippen LogP contribution is 2.25. The van der Waals surface area contributed by atoms with Crippen LogP contribution in [-0.2, 0) is 0 Å². The van der Waals surface area contributed by atoms with Crippen LogP contribution in [0.4, 0.5) is 8.78 Å². The number of nitrogens with two attached hydrogens (primary N) is 1. The van der Waals surface area contributed by atoms with Crippen molar-refractivity contribution in [3.8, 4) is 0 Å². The van der Waals surface area contributed by atoms with Crippen LogP contribution < -0.4 is 5.73 Å². The van der Waals surface area contributed by atoms with E-state index in [0.717, 1.165) is 6.07 Å². The van der Waals surface area contributed by atoms with Crippen LogP contribution in [0, 0.1) is 11.6 Å². The van der Waals surface area contributed by atoms with Crippen molar-refractivity contribution in [1.29, 1.82) is 0 Å². The van der Waals surface area contributed by atoms with Gasteiger partial charge in [-0.3, -0.25) is 0 Å². The second kappa shape index (κ2) is 3.49. The lowest BCUT2D eigenvalue weighted by Gasteiger charge is -2.08. The van der Waals surface area contributed by atoms with Gasteiger partial charge in [-0.1, -0.05) is 0 Å². The standard InChI is InChI=1S/C8H8BrF2N/c1-4(12)6-2-5(10)3-7(11)8(6)9/h2-4H,12H2,1H3. The maximum absolute atomic E-state index is 12.9. The first-order valence-electron chi connectivity index (χ1n) is 3.42. The van der Waals surface area contributed by atoms with Gasteiger partial charge < -0.3 is 5.73 Å². The third kappa shape index (κ3) is 1.81. The van der Waals surface area contributed by atoms with Crippen LogP contribution >= 0.6 is 15.9 Å². The molecule has 0 amide bonds. The Morgan fingerprint density at radius 2 is 2.00 bits per heavy atom. The molecular weight excluding hydrogens is 228 g/mol. The molecule has 2 N–H and O–H groups in total. The predicted molar refractivity (Wildman–Crippen MR) is 46.7 cm³/mol. The third-order valence-corrected chi connectivity index (χ3v) is 2.35. The Kier molecular flexibility index (Phi) is 2.80. The van der Waals surface area contributed by atoms with E-state index in [1.54, 1.807) is 6.92 Å². The highest BCUT2D eigenvalue weighted by Gasteiger charge is 2.11. The molecular formula is C8H8BrF2N. The SMILES string of the molecule is CC(N)c1cc(F)cc(F)c1Br. The maximum Gasteiger partial charge on any atom is 0.140 e. The second-order valence-corrected chi connectivity index (χ2v) is 3.37. The van der Waals surface area contributed by atoms with Crippen molar-refractivity contribution in [3.63, 3.8) is 0 Å². The zero-order chi connectivity index (χ0) is 9.30. The minimum Gasteiger partial charge on any atom is -0.324 e. The van der Waals surface area contributed by atoms with Crippen LogP contribution in [0.5, 0.6) is 0 Å². The Balaban J connectivity index is 3.28. The fourth-order valence-corrected chi connectivity index (χ4v) is 1.50. The highest BCUT2D eigenvalue weighted by atomic mass is 79.9. The molecule has 0 spiro atoms. The second-order valence-electron chi connectivity index (χ2n) is 2.58. The zero-order valence-corrected chi connectivity index (χ0v) is 8.03. The van der Waals surface area contributed by atoms with Gasteiger partial charge in [-0.25, -0.2) is 8.78 Å². The minimum absolute atomic E-state index is 0.235. The molecule has 66 valence electrons. The lowest BCUT2D eigenvalue weighted by Crippen LogP contribution is -2.07. The smallest absolute Gasteiger partial charge is 0.140 e. The van der Waals surface area contributed by atoms with Gasteiger partial charge in [0.25, 0.3) is 0 Å². The fourth-order valence-electron chi connectivity index (χ4n) is 0.907. The van der Waals surface area contributed by atoms with Gasteiger partial charge in [-0.05, 0) is 34.5 Å². The van der Waals surface area contributed by atoms with Crippen molar-refractivity contribution in [3.05, 3.63) is 33.8 Å². The molecule has 0 aliphatic carbocycles. The van der Waals surface area contributed by atoms with Crippen LogP contribution in [0.15, 0.2) is 16.6 Å². The molecule has 0 heterocycles. The van der Waals surface area contributed by atoms with Crippen LogP contribution in [-0.4, -0.2) is 0 Å². The van der Waals surface area contributed by atoms with Crippen molar-refractivity contribution in [2.75, 3.05) is 0 Å². The van der Waals surface area contributed by atoms with Gasteiger partial charge in [0, 0.05) is 12.1 Å². The van der Waals surface area contributed by atoms with E-state index in [1.165, 1.54) is 6.07 Å². The van der Waals surface area contributed by atoms with Crippen molar-refractivity contribution >= 4 is 15.9 Å². The molecule has 1 aromatic carbocycles. The Morgan fingerprint density at radius 3 is 2.50 bits per heavy atom. The minimum atomic E-state index is -0.623. The molecule has 4 heteroatoms. The quantitative estimate of drug-likeness (QED) is 0.745. The first-order chi connectivity index (χ1) is 5.52. The number of benzene rings is 1. The molecule has 0 saturated carbocycles. The molecule has 1 nitrogen and oxygen atoms in total. The van der Waals surface area contributed by atoms with E-state index in [1.807, 2.05) is 0 Å². The van der Waals surface area contributed by atoms with Crippen molar-refractivity contribution < 1.29 is 8.78 Å². The van der Waals surface area contributed by atoms with Gasteiger partial charge >= 0.3 is 0 Å². The summed E-state index contributed by atoms with van der Waals surface area (Å²) < 4.78 is 25.7. The van der Waals surface area contributed by atoms with Gasteiger partial charge in [0.1, 0.15) is 11.6 Å². The molecule has 1 atom stereocenters. The average molecular weight is 236 g/mol. The lowest BCUT2D eigenvalue weighted by molar-refractivity contribution is 0.570. The van der Waals surface area contributed by atoms with E-state index in [9.17, 15) is 8.78 Å². The van der Waals surface area contributed by atoms with E-state index < -0.39 is 11.6 Å². The van der Waals surface area contributed by atoms with Crippen LogP contribution in [0.2, 0.25) is 0 Å². The molecule has 0 radical (unpaired) electrons. The fraction of sp³-hybridized carbons (Fsp3) is 0.250. The van der Waals surface area contributed by atoms with E-state index in [4.69, 9.17) is 5.73 Å². The molecule has 1 rings (SSSR count). The summed E-state index contributed by atoms with van der Waals surface area (Å²) in [5.41, 5.74) is 5.93. The summed E-state index contributed by atoms with van der Waals surface area (Å²) in [4.78, 5) is 0. The lowest BCUT2D eigenvalue weighted by atomic mass is 10.1. The van der Waals surface area contributed by atoms with Crippen LogP contribution in [0.3, 0.4) is 0 Å². The molecule has 0 aliphatic heterocycles. The molecule has 0 bridgehead atoms. The first kappa shape index (κ1) is 9.61. The van der Waals surface area contributed by atoms with E-state index in [-0.39, 0.29) is 10.5 Å². The van der Waals surface area contributed by atoms with E-state index in [0.29, 0.717) is 5.56 Å². The van der Waals surface area contributed by atoms with Gasteiger partial charge in [-0.15, -0.1) is 0 Å². The average Bonchev–Trinajstić information content (AvgIpc) is 1.96. The summed E-state index contributed by atoms with van der Waals surface area (Å²) in [7, 11) is 0. The van der Waals surface area contributed by atoms with Crippen molar-refractivity contribution in [2.24, 2.45) is 5.73 Å². The highest BCUT2D eigenvalue weighted by molar-refractivity contribution is 9.10. The van der Waals surface area contributed by atoms with Crippen molar-refractivity contribution in [1.82, 2.24) is 0 Å². The largest absolute Gasteiger partial charge is 0.324 e. The number of hydrogen-bond donors (Lipinski definition) is 1. The first-order valence-corrected chi connectivity index (χ1v) is 4.21. The van der Waals surface area contributed by atoms with Crippen LogP contribution in [0.25, 0.3) is 0 Å². The number of hydrogen-bond acceptors (Lipinski definition) is 1. The van der Waals surface area contributed by atoms with Crippen molar-refractivity contribution in [2.45, 2.75) is 13.0 Å². The van der Waals surface area contributed by atoms with Gasteiger partial charge in [-0.2, -0.15) is 0 Å². The van der Waals surface area contributed by atoms with Gasteiger partial charge in [0.15, 0.2) is 0 Å². The molecule has 0 fully saturated rings. The summed E-state index contributed by atoms with van der Waals surface area (Å²) in [6, 6.07) is 1.65. The Hall–Kier alpha value is -0.480. The van der Waals surface area contributed by atoms with Gasteiger partial charge in [0.05, 0.1) is 4.47 Å². The van der Waals surface area contributed by atoms with E-state index >= 15 is 0 Å². The third-order valence-electron chi connectivity index (χ3n) is 1.51. The molecule has 1 aromatic rings. The predicted octanol–water partition coefficient (Wildman–Crippen LogP) is 2.75. The molecule has 0 aliphatic rings. The normalized spacial score (nSPS) is 13.1. The summed E-state index contributed by atoms with van der Waals surface area (Å²) in [6.45, 7) is 1.67. The number of rotatable bonds is 1. The van der Waals surface area contributed by atoms with E-state index in [2.05, 4.69) is 15.9 Å². The Bertz CT molecular complexity index is 299. The van der Waals surface area contributed by atoms with Crippen LogP contribution in [0.1, 0.15) is 18.5 Å². The number of halogens is 3. The summed E-state index contributed by atoms with van der Waals surface area (Å²) in [5.74, 6) is -1.23. The molecule has 12 heavy (non-hydrogen) atoms. The zero-order valence-electron chi connectivity index (χ0n) is 6.44. The van der Waals surface area contributed by atoms with Gasteiger partial charge in [0.2, 0.25) is 0 Å². The molecule has 0 aromatic heterocycles. The molecule has 1 unspecified atom stereocenters. The monoisotopic (exact) mass is 235 g/mol. The summed E-state index contributed by atoms with van der Waals surface area (Å²) in [6.07, 6.45) is 0. The topological polar surface area (TPSA) is 26.0 Å². The Morgan fingerprint density at radius 1 is 1.42 bits per heavy atom. The Labute approximate surface area is 77.7 Å². The maximum atomic E-state index is 12.9.